The topological polar surface area (TPSA) is 56.5 Å². The molecule has 4 aromatic heterocycles. The van der Waals surface area contributed by atoms with Crippen LogP contribution in [0.3, 0.4) is 0 Å². The highest BCUT2D eigenvalue weighted by atomic mass is 32.1. The molecule has 0 atom stereocenters. The van der Waals surface area contributed by atoms with Crippen LogP contribution in [-0.4, -0.2) is 24.5 Å². The van der Waals surface area contributed by atoms with E-state index in [1.54, 1.807) is 0 Å². The molecular formula is C50H31N5S. The number of hydrogen-bond acceptors (Lipinski definition) is 5. The lowest BCUT2D eigenvalue weighted by Crippen LogP contribution is -2.00. The number of nitrogens with zero attached hydrogens (tertiary/aromatic N) is 5. The van der Waals surface area contributed by atoms with Crippen LogP contribution in [-0.2, 0) is 0 Å². The molecular weight excluding hydrogens is 703 g/mol. The van der Waals surface area contributed by atoms with Gasteiger partial charge in [-0.25, -0.2) is 19.9 Å². The fourth-order valence-electron chi connectivity index (χ4n) is 7.79. The lowest BCUT2D eigenvalue weighted by Gasteiger charge is -2.11. The number of rotatable bonds is 6. The van der Waals surface area contributed by atoms with Crippen molar-refractivity contribution in [3.63, 3.8) is 0 Å². The normalized spacial score (nSPS) is 11.6. The van der Waals surface area contributed by atoms with Crippen molar-refractivity contribution in [3.05, 3.63) is 188 Å². The maximum Gasteiger partial charge on any atom is 0.164 e. The molecule has 0 saturated heterocycles. The summed E-state index contributed by atoms with van der Waals surface area (Å²) in [5.41, 5.74) is 10.4. The highest BCUT2D eigenvalue weighted by molar-refractivity contribution is 7.27. The number of benzene rings is 7. The minimum Gasteiger partial charge on any atom is -0.294 e. The van der Waals surface area contributed by atoms with Crippen LogP contribution in [0.1, 0.15) is 0 Å². The lowest BCUT2D eigenvalue weighted by molar-refractivity contribution is 1.07. The molecule has 0 fully saturated rings. The minimum atomic E-state index is 0.640. The first-order valence-corrected chi connectivity index (χ1v) is 19.5. The average molecular weight is 734 g/mol. The van der Waals surface area contributed by atoms with E-state index in [2.05, 4.69) is 132 Å². The smallest absolute Gasteiger partial charge is 0.164 e. The Balaban J connectivity index is 1.01. The molecule has 0 spiro atoms. The number of aromatic nitrogens is 5. The maximum absolute atomic E-state index is 5.57. The molecule has 6 heteroatoms. The third-order valence-corrected chi connectivity index (χ3v) is 11.7. The first-order valence-electron chi connectivity index (χ1n) is 18.6. The van der Waals surface area contributed by atoms with Crippen molar-refractivity contribution in [2.24, 2.45) is 0 Å². The first kappa shape index (κ1) is 32.2. The zero-order chi connectivity index (χ0) is 37.0. The van der Waals surface area contributed by atoms with E-state index in [1.807, 2.05) is 72.0 Å². The van der Waals surface area contributed by atoms with Crippen molar-refractivity contribution < 1.29 is 0 Å². The van der Waals surface area contributed by atoms with Gasteiger partial charge in [-0.05, 0) is 35.4 Å². The Morgan fingerprint density at radius 2 is 0.821 bits per heavy atom. The molecule has 0 N–H and O–H groups in total. The molecule has 0 radical (unpaired) electrons. The van der Waals surface area contributed by atoms with Crippen molar-refractivity contribution in [1.29, 1.82) is 0 Å². The van der Waals surface area contributed by atoms with Gasteiger partial charge in [0.2, 0.25) is 0 Å². The summed E-state index contributed by atoms with van der Waals surface area (Å²) in [6.45, 7) is 0. The van der Waals surface area contributed by atoms with Crippen LogP contribution in [0.4, 0.5) is 0 Å². The van der Waals surface area contributed by atoms with Crippen molar-refractivity contribution in [1.82, 2.24) is 24.5 Å². The summed E-state index contributed by atoms with van der Waals surface area (Å²) < 4.78 is 4.84. The molecule has 5 nitrogen and oxygen atoms in total. The minimum absolute atomic E-state index is 0.640. The van der Waals surface area contributed by atoms with Gasteiger partial charge in [0, 0.05) is 58.9 Å². The summed E-state index contributed by atoms with van der Waals surface area (Å²) in [5, 5.41) is 4.85. The number of fused-ring (bicyclic) bond motifs is 7. The maximum atomic E-state index is 5.57. The number of hydrogen-bond donors (Lipinski definition) is 0. The number of thiophene rings is 1. The van der Waals surface area contributed by atoms with Gasteiger partial charge in [0.15, 0.2) is 17.5 Å². The summed E-state index contributed by atoms with van der Waals surface area (Å²) in [6, 6.07) is 65.4. The lowest BCUT2D eigenvalue weighted by atomic mass is 9.99. The van der Waals surface area contributed by atoms with Crippen molar-refractivity contribution >= 4 is 53.4 Å². The summed E-state index contributed by atoms with van der Waals surface area (Å²) >= 11 is 1.85. The first-order chi connectivity index (χ1) is 27.8. The molecule has 262 valence electrons. The van der Waals surface area contributed by atoms with E-state index in [0.717, 1.165) is 55.9 Å². The van der Waals surface area contributed by atoms with Gasteiger partial charge in [0.25, 0.3) is 0 Å². The van der Waals surface area contributed by atoms with E-state index in [9.17, 15) is 0 Å². The molecule has 0 amide bonds. The van der Waals surface area contributed by atoms with E-state index < -0.39 is 0 Å². The van der Waals surface area contributed by atoms with Gasteiger partial charge >= 0.3 is 0 Å². The second kappa shape index (κ2) is 13.2. The van der Waals surface area contributed by atoms with Crippen LogP contribution in [0.2, 0.25) is 0 Å². The van der Waals surface area contributed by atoms with Gasteiger partial charge in [-0.3, -0.25) is 4.57 Å². The van der Waals surface area contributed by atoms with E-state index >= 15 is 0 Å². The average Bonchev–Trinajstić information content (AvgIpc) is 3.83. The van der Waals surface area contributed by atoms with Crippen LogP contribution < -0.4 is 0 Å². The highest BCUT2D eigenvalue weighted by Gasteiger charge is 2.22. The van der Waals surface area contributed by atoms with Crippen LogP contribution in [0.5, 0.6) is 0 Å². The molecule has 0 unspecified atom stereocenters. The number of pyridine rings is 1. The standard InChI is InChI=1S/C50H31N5S/c1-4-14-35(15-5-1)47-52-48(36-16-6-2-7-17-36)54-49(53-47)37-30-26-33(27-31-37)32-24-28-34(29-25-32)45-43-40-21-11-13-23-42(40)56-46(43)44-39-20-10-12-22-41(39)55(50(44)51-45)38-18-8-3-9-19-38/h1-31H. The van der Waals surface area contributed by atoms with Gasteiger partial charge in [-0.15, -0.1) is 11.3 Å². The van der Waals surface area contributed by atoms with Gasteiger partial charge < -0.3 is 0 Å². The van der Waals surface area contributed by atoms with Crippen molar-refractivity contribution in [3.8, 4) is 62.2 Å². The second-order valence-electron chi connectivity index (χ2n) is 13.8. The van der Waals surface area contributed by atoms with Gasteiger partial charge in [0.05, 0.1) is 11.2 Å². The molecule has 7 aromatic carbocycles. The van der Waals surface area contributed by atoms with E-state index in [4.69, 9.17) is 19.9 Å². The molecule has 11 aromatic rings. The molecule has 4 heterocycles. The van der Waals surface area contributed by atoms with Crippen molar-refractivity contribution in [2.45, 2.75) is 0 Å². The zero-order valence-electron chi connectivity index (χ0n) is 30.0. The van der Waals surface area contributed by atoms with E-state index in [-0.39, 0.29) is 0 Å². The Morgan fingerprint density at radius 3 is 1.43 bits per heavy atom. The van der Waals surface area contributed by atoms with E-state index in [0.29, 0.717) is 17.5 Å². The van der Waals surface area contributed by atoms with Gasteiger partial charge in [0.1, 0.15) is 5.65 Å². The summed E-state index contributed by atoms with van der Waals surface area (Å²) in [5.74, 6) is 1.94. The quantitative estimate of drug-likeness (QED) is 0.171. The summed E-state index contributed by atoms with van der Waals surface area (Å²) in [4.78, 5) is 20.3. The van der Waals surface area contributed by atoms with Crippen LogP contribution >= 0.6 is 11.3 Å². The Bertz CT molecular complexity index is 3150. The van der Waals surface area contributed by atoms with Crippen LogP contribution in [0, 0.1) is 0 Å². The Morgan fingerprint density at radius 1 is 0.357 bits per heavy atom. The summed E-state index contributed by atoms with van der Waals surface area (Å²) in [7, 11) is 0. The number of para-hydroxylation sites is 2. The molecule has 0 aliphatic rings. The molecule has 56 heavy (non-hydrogen) atoms. The Kier molecular flexibility index (Phi) is 7.60. The largest absolute Gasteiger partial charge is 0.294 e. The third-order valence-electron chi connectivity index (χ3n) is 10.5. The highest BCUT2D eigenvalue weighted by Crippen LogP contribution is 2.46. The molecule has 0 saturated carbocycles. The third kappa shape index (κ3) is 5.38. The zero-order valence-corrected chi connectivity index (χ0v) is 30.9. The van der Waals surface area contributed by atoms with Gasteiger partial charge in [-0.2, -0.15) is 0 Å². The van der Waals surface area contributed by atoms with Crippen molar-refractivity contribution in [2.75, 3.05) is 0 Å². The predicted octanol–water partition coefficient (Wildman–Crippen LogP) is 13.1. The van der Waals surface area contributed by atoms with Crippen LogP contribution in [0.25, 0.3) is 104 Å². The molecule has 11 rings (SSSR count). The fraction of sp³-hybridized carbons (Fsp3) is 0. The Hall–Kier alpha value is -7.28. The second-order valence-corrected chi connectivity index (χ2v) is 14.9. The van der Waals surface area contributed by atoms with Crippen LogP contribution in [0.15, 0.2) is 188 Å². The SMILES string of the molecule is c1ccc(-c2nc(-c3ccccc3)nc(-c3ccc(-c4ccc(-c5nc6c(c7ccccc7n6-c6ccccc6)c6sc7ccccc7c56)cc4)cc3)n2)cc1. The Labute approximate surface area is 326 Å². The van der Waals surface area contributed by atoms with E-state index in [1.165, 1.54) is 30.9 Å². The monoisotopic (exact) mass is 733 g/mol. The summed E-state index contributed by atoms with van der Waals surface area (Å²) in [6.07, 6.45) is 0. The predicted molar refractivity (Wildman–Crippen MR) is 232 cm³/mol. The molecule has 0 aliphatic heterocycles. The molecule has 0 bridgehead atoms. The van der Waals surface area contributed by atoms with Gasteiger partial charge in [-0.1, -0.05) is 164 Å². The molecule has 0 aliphatic carbocycles. The fourth-order valence-corrected chi connectivity index (χ4v) is 9.05.